The number of non-ortho nitro benzene ring substituents is 1. The molecule has 19 heavy (non-hydrogen) atoms. The highest BCUT2D eigenvalue weighted by Gasteiger charge is 2.21. The maximum Gasteiger partial charge on any atom is 0.270 e. The normalized spacial score (nSPS) is 15.2. The van der Waals surface area contributed by atoms with Gasteiger partial charge in [0.2, 0.25) is 0 Å². The van der Waals surface area contributed by atoms with Gasteiger partial charge in [-0.1, -0.05) is 0 Å². The van der Waals surface area contributed by atoms with Gasteiger partial charge >= 0.3 is 0 Å². The summed E-state index contributed by atoms with van der Waals surface area (Å²) in [5, 5.41) is 10.8. The van der Waals surface area contributed by atoms with Gasteiger partial charge in [0.05, 0.1) is 10.6 Å². The number of fused-ring (bicyclic) bond motifs is 1. The molecule has 1 aliphatic heterocycles. The summed E-state index contributed by atoms with van der Waals surface area (Å²) in [4.78, 5) is 13.7. The molecule has 1 aromatic rings. The minimum Gasteiger partial charge on any atom is -0.370 e. The number of thioether (sulfide) groups is 1. The number of anilines is 1. The summed E-state index contributed by atoms with van der Waals surface area (Å²) in [6.07, 6.45) is 0.897. The minimum atomic E-state index is -0.344. The molecule has 0 spiro atoms. The standard InChI is InChI=1S/C13H19N3O2S/c1-13(2,14)5-6-15-7-8-19-12-9-10(16(17)18)3-4-11(12)15/h3-4,9H,5-8,14H2,1-2H3. The van der Waals surface area contributed by atoms with Gasteiger partial charge in [-0.05, 0) is 26.3 Å². The first kappa shape index (κ1) is 14.1. The van der Waals surface area contributed by atoms with Crippen LogP contribution in [0.4, 0.5) is 11.4 Å². The number of benzene rings is 1. The topological polar surface area (TPSA) is 72.4 Å². The largest absolute Gasteiger partial charge is 0.370 e. The summed E-state index contributed by atoms with van der Waals surface area (Å²) in [7, 11) is 0. The van der Waals surface area contributed by atoms with E-state index >= 15 is 0 Å². The van der Waals surface area contributed by atoms with Crippen LogP contribution in [0.15, 0.2) is 23.1 Å². The Kier molecular flexibility index (Phi) is 4.01. The van der Waals surface area contributed by atoms with E-state index in [-0.39, 0.29) is 16.1 Å². The van der Waals surface area contributed by atoms with Gasteiger partial charge in [-0.25, -0.2) is 0 Å². The van der Waals surface area contributed by atoms with Crippen molar-refractivity contribution in [2.75, 3.05) is 23.7 Å². The average molecular weight is 281 g/mol. The molecule has 0 fully saturated rings. The lowest BCUT2D eigenvalue weighted by molar-refractivity contribution is -0.385. The second-order valence-electron chi connectivity index (χ2n) is 5.48. The lowest BCUT2D eigenvalue weighted by Crippen LogP contribution is -2.39. The molecule has 0 atom stereocenters. The summed E-state index contributed by atoms with van der Waals surface area (Å²) in [5.74, 6) is 0.958. The van der Waals surface area contributed by atoms with Crippen molar-refractivity contribution >= 4 is 23.1 Å². The molecule has 0 saturated heterocycles. The molecule has 0 amide bonds. The maximum atomic E-state index is 10.8. The van der Waals surface area contributed by atoms with Crippen molar-refractivity contribution < 1.29 is 4.92 Å². The lowest BCUT2D eigenvalue weighted by atomic mass is 10.0. The van der Waals surface area contributed by atoms with E-state index in [0.29, 0.717) is 0 Å². The molecule has 0 aromatic heterocycles. The third-order valence-corrected chi connectivity index (χ3v) is 4.16. The van der Waals surface area contributed by atoms with Crippen LogP contribution in [0.3, 0.4) is 0 Å². The number of hydrogen-bond donors (Lipinski definition) is 1. The summed E-state index contributed by atoms with van der Waals surface area (Å²) in [6, 6.07) is 5.09. The van der Waals surface area contributed by atoms with E-state index in [4.69, 9.17) is 5.73 Å². The number of nitro benzene ring substituents is 1. The Morgan fingerprint density at radius 3 is 2.89 bits per heavy atom. The fourth-order valence-electron chi connectivity index (χ4n) is 2.03. The fraction of sp³-hybridized carbons (Fsp3) is 0.538. The summed E-state index contributed by atoms with van der Waals surface area (Å²) < 4.78 is 0. The Labute approximate surface area is 117 Å². The zero-order valence-corrected chi connectivity index (χ0v) is 12.1. The van der Waals surface area contributed by atoms with E-state index in [2.05, 4.69) is 4.90 Å². The highest BCUT2D eigenvalue weighted by atomic mass is 32.2. The molecule has 1 aromatic carbocycles. The zero-order chi connectivity index (χ0) is 14.0. The van der Waals surface area contributed by atoms with Gasteiger partial charge < -0.3 is 10.6 Å². The fourth-order valence-corrected chi connectivity index (χ4v) is 3.12. The van der Waals surface area contributed by atoms with E-state index in [1.807, 2.05) is 19.9 Å². The first-order valence-electron chi connectivity index (χ1n) is 6.32. The Bertz CT molecular complexity index is 485. The number of nitrogens with two attached hydrogens (primary N) is 1. The van der Waals surface area contributed by atoms with Crippen LogP contribution in [0.1, 0.15) is 20.3 Å². The monoisotopic (exact) mass is 281 g/mol. The first-order valence-corrected chi connectivity index (χ1v) is 7.30. The van der Waals surface area contributed by atoms with Crippen LogP contribution in [0, 0.1) is 10.1 Å². The molecule has 2 rings (SSSR count). The predicted octanol–water partition coefficient (Wildman–Crippen LogP) is 2.63. The van der Waals surface area contributed by atoms with Gasteiger partial charge in [0.1, 0.15) is 0 Å². The van der Waals surface area contributed by atoms with Crippen molar-refractivity contribution in [3.8, 4) is 0 Å². The SMILES string of the molecule is CC(C)(N)CCN1CCSc2cc([N+](=O)[O-])ccc21. The van der Waals surface area contributed by atoms with Gasteiger partial charge in [0.25, 0.3) is 5.69 Å². The Balaban J connectivity index is 2.18. The predicted molar refractivity (Wildman–Crippen MR) is 78.9 cm³/mol. The molecular formula is C13H19N3O2S. The zero-order valence-electron chi connectivity index (χ0n) is 11.3. The molecule has 0 bridgehead atoms. The highest BCUT2D eigenvalue weighted by molar-refractivity contribution is 7.99. The van der Waals surface area contributed by atoms with Gasteiger partial charge in [0.15, 0.2) is 0 Å². The third-order valence-electron chi connectivity index (χ3n) is 3.14. The molecule has 0 saturated carbocycles. The van der Waals surface area contributed by atoms with E-state index in [0.717, 1.165) is 35.8 Å². The van der Waals surface area contributed by atoms with E-state index in [1.54, 1.807) is 23.9 Å². The van der Waals surface area contributed by atoms with Gasteiger partial charge in [-0.2, -0.15) is 0 Å². The van der Waals surface area contributed by atoms with Crippen molar-refractivity contribution in [1.29, 1.82) is 0 Å². The van der Waals surface area contributed by atoms with Crippen LogP contribution in [0.25, 0.3) is 0 Å². The highest BCUT2D eigenvalue weighted by Crippen LogP contribution is 2.37. The number of rotatable bonds is 4. The number of hydrogen-bond acceptors (Lipinski definition) is 5. The maximum absolute atomic E-state index is 10.8. The van der Waals surface area contributed by atoms with E-state index in [1.165, 1.54) is 0 Å². The van der Waals surface area contributed by atoms with Gasteiger partial charge in [-0.15, -0.1) is 11.8 Å². The van der Waals surface area contributed by atoms with Crippen LogP contribution in [-0.2, 0) is 0 Å². The van der Waals surface area contributed by atoms with E-state index in [9.17, 15) is 10.1 Å². The Morgan fingerprint density at radius 1 is 1.53 bits per heavy atom. The van der Waals surface area contributed by atoms with Crippen LogP contribution in [0.2, 0.25) is 0 Å². The van der Waals surface area contributed by atoms with Crippen molar-refractivity contribution in [1.82, 2.24) is 0 Å². The summed E-state index contributed by atoms with van der Waals surface area (Å²) in [5.41, 5.74) is 7.07. The molecule has 1 heterocycles. The molecule has 5 nitrogen and oxygen atoms in total. The van der Waals surface area contributed by atoms with Gasteiger partial charge in [-0.3, -0.25) is 10.1 Å². The van der Waals surface area contributed by atoms with Crippen molar-refractivity contribution in [3.05, 3.63) is 28.3 Å². The second-order valence-corrected chi connectivity index (χ2v) is 6.62. The molecule has 1 aliphatic rings. The van der Waals surface area contributed by atoms with Crippen molar-refractivity contribution in [2.45, 2.75) is 30.7 Å². The smallest absolute Gasteiger partial charge is 0.270 e. The molecular weight excluding hydrogens is 262 g/mol. The third kappa shape index (κ3) is 3.61. The molecule has 0 aliphatic carbocycles. The van der Waals surface area contributed by atoms with Gasteiger partial charge in [0, 0.05) is 41.4 Å². The summed E-state index contributed by atoms with van der Waals surface area (Å²) in [6.45, 7) is 5.88. The second kappa shape index (κ2) is 5.38. The van der Waals surface area contributed by atoms with Crippen molar-refractivity contribution in [3.63, 3.8) is 0 Å². The number of nitrogens with zero attached hydrogens (tertiary/aromatic N) is 2. The summed E-state index contributed by atoms with van der Waals surface area (Å²) >= 11 is 1.68. The number of nitro groups is 1. The first-order chi connectivity index (χ1) is 8.87. The molecule has 6 heteroatoms. The Hall–Kier alpha value is -1.27. The van der Waals surface area contributed by atoms with Crippen LogP contribution in [-0.4, -0.2) is 29.3 Å². The Morgan fingerprint density at radius 2 is 2.26 bits per heavy atom. The van der Waals surface area contributed by atoms with Crippen molar-refractivity contribution in [2.24, 2.45) is 5.73 Å². The molecule has 104 valence electrons. The minimum absolute atomic E-state index is 0.159. The lowest BCUT2D eigenvalue weighted by Gasteiger charge is -2.32. The van der Waals surface area contributed by atoms with Crippen LogP contribution < -0.4 is 10.6 Å². The molecule has 0 unspecified atom stereocenters. The van der Waals surface area contributed by atoms with E-state index < -0.39 is 0 Å². The quantitative estimate of drug-likeness (QED) is 0.678. The van der Waals surface area contributed by atoms with Crippen LogP contribution >= 0.6 is 11.8 Å². The molecule has 0 radical (unpaired) electrons. The van der Waals surface area contributed by atoms with Crippen LogP contribution in [0.5, 0.6) is 0 Å². The average Bonchev–Trinajstić information content (AvgIpc) is 2.34. The molecule has 2 N–H and O–H groups in total.